The normalized spacial score (nSPS) is 21.3. The summed E-state index contributed by atoms with van der Waals surface area (Å²) in [6, 6.07) is 7.87. The number of thioether (sulfide) groups is 1. The fraction of sp³-hybridized carbons (Fsp3) is 0.438. The van der Waals surface area contributed by atoms with Crippen molar-refractivity contribution in [3.05, 3.63) is 29.8 Å². The van der Waals surface area contributed by atoms with E-state index in [-0.39, 0.29) is 16.4 Å². The molecule has 1 aromatic carbocycles. The number of carbonyl (C=O) groups excluding carboxylic acids is 1. The third-order valence-electron chi connectivity index (χ3n) is 3.07. The van der Waals surface area contributed by atoms with Gasteiger partial charge in [0, 0.05) is 15.2 Å². The van der Waals surface area contributed by atoms with Crippen LogP contribution in [0.3, 0.4) is 0 Å². The van der Waals surface area contributed by atoms with E-state index in [1.54, 1.807) is 11.8 Å². The minimum atomic E-state index is -1.45. The van der Waals surface area contributed by atoms with Gasteiger partial charge >= 0.3 is 0 Å². The number of hydrogen-bond donors (Lipinski definition) is 0. The second kappa shape index (κ2) is 4.85. The second-order valence-electron chi connectivity index (χ2n) is 6.52. The Balaban J connectivity index is 2.45. The van der Waals surface area contributed by atoms with Crippen LogP contribution in [-0.4, -0.2) is 18.6 Å². The van der Waals surface area contributed by atoms with E-state index >= 15 is 0 Å². The van der Waals surface area contributed by atoms with Crippen LogP contribution >= 0.6 is 11.8 Å². The molecule has 0 bridgehead atoms. The van der Waals surface area contributed by atoms with Gasteiger partial charge in [-0.1, -0.05) is 43.8 Å². The Kier molecular flexibility index (Phi) is 3.68. The van der Waals surface area contributed by atoms with E-state index in [0.29, 0.717) is 0 Å². The van der Waals surface area contributed by atoms with Crippen molar-refractivity contribution in [2.45, 2.75) is 43.1 Å². The molecule has 1 nitrogen and oxygen atoms in total. The number of ketones is 1. The average Bonchev–Trinajstić information content (AvgIpc) is 2.26. The molecule has 0 radical (unpaired) electrons. The van der Waals surface area contributed by atoms with Crippen LogP contribution in [0.1, 0.15) is 24.2 Å². The van der Waals surface area contributed by atoms with Crippen molar-refractivity contribution in [2.75, 3.05) is 0 Å². The number of benzene rings is 1. The van der Waals surface area contributed by atoms with Gasteiger partial charge in [-0.25, -0.2) is 0 Å². The van der Waals surface area contributed by atoms with Crippen LogP contribution in [0.15, 0.2) is 29.2 Å². The zero-order chi connectivity index (χ0) is 14.3. The molecule has 0 saturated carbocycles. The van der Waals surface area contributed by atoms with Crippen LogP contribution in [0.25, 0.3) is 0 Å². The van der Waals surface area contributed by atoms with Crippen LogP contribution in [-0.2, 0) is 0 Å². The van der Waals surface area contributed by atoms with Crippen molar-refractivity contribution >= 4 is 25.6 Å². The second-order valence-corrected chi connectivity index (χ2v) is 13.0. The fourth-order valence-electron chi connectivity index (χ4n) is 2.10. The van der Waals surface area contributed by atoms with Gasteiger partial charge in [-0.2, -0.15) is 0 Å². The summed E-state index contributed by atoms with van der Waals surface area (Å²) in [5.74, 6) is 3.27. The maximum Gasteiger partial charge on any atom is 0.180 e. The van der Waals surface area contributed by atoms with Gasteiger partial charge in [-0.15, -0.1) is 17.3 Å². The zero-order valence-electron chi connectivity index (χ0n) is 12.2. The van der Waals surface area contributed by atoms with Gasteiger partial charge in [-0.3, -0.25) is 4.79 Å². The molecule has 0 amide bonds. The SMILES string of the molecule is CC1(C)Sc2ccccc2C(=O)C1C#C[Si](C)(C)C. The van der Waals surface area contributed by atoms with Crippen molar-refractivity contribution in [2.24, 2.45) is 5.92 Å². The van der Waals surface area contributed by atoms with E-state index in [2.05, 4.69) is 45.0 Å². The molecule has 1 heterocycles. The summed E-state index contributed by atoms with van der Waals surface area (Å²) >= 11 is 1.77. The molecule has 1 aliphatic heterocycles. The van der Waals surface area contributed by atoms with Crippen LogP contribution in [0.4, 0.5) is 0 Å². The molecule has 1 aromatic rings. The summed E-state index contributed by atoms with van der Waals surface area (Å²) in [4.78, 5) is 13.7. The lowest BCUT2D eigenvalue weighted by atomic mass is 9.87. The Bertz CT molecular complexity index is 572. The van der Waals surface area contributed by atoms with Crippen molar-refractivity contribution < 1.29 is 4.79 Å². The van der Waals surface area contributed by atoms with E-state index in [1.807, 2.05) is 24.3 Å². The highest BCUT2D eigenvalue weighted by Crippen LogP contribution is 2.45. The summed E-state index contributed by atoms with van der Waals surface area (Å²) in [6.45, 7) is 10.9. The molecule has 19 heavy (non-hydrogen) atoms. The van der Waals surface area contributed by atoms with Gasteiger partial charge in [0.1, 0.15) is 8.07 Å². The summed E-state index contributed by atoms with van der Waals surface area (Å²) in [5.41, 5.74) is 4.20. The van der Waals surface area contributed by atoms with Gasteiger partial charge < -0.3 is 0 Å². The van der Waals surface area contributed by atoms with E-state index in [9.17, 15) is 4.79 Å². The molecule has 0 aromatic heterocycles. The Morgan fingerprint density at radius 1 is 1.21 bits per heavy atom. The quantitative estimate of drug-likeness (QED) is 0.524. The molecule has 1 unspecified atom stereocenters. The Morgan fingerprint density at radius 3 is 2.47 bits per heavy atom. The van der Waals surface area contributed by atoms with Crippen LogP contribution in [0.2, 0.25) is 19.6 Å². The molecule has 0 N–H and O–H groups in total. The molecular weight excluding hydrogens is 268 g/mol. The first-order valence-corrected chi connectivity index (χ1v) is 10.9. The molecular formula is C16H20OSSi. The summed E-state index contributed by atoms with van der Waals surface area (Å²) in [5, 5.41) is 0. The standard InChI is InChI=1S/C16H20OSSi/c1-16(2)13(10-11-19(3,4)5)15(17)12-8-6-7-9-14(12)18-16/h6-9,13H,1-5H3. The third-order valence-corrected chi connectivity index (χ3v) is 5.31. The molecule has 0 saturated heterocycles. The van der Waals surface area contributed by atoms with Gasteiger partial charge in [0.05, 0.1) is 5.92 Å². The van der Waals surface area contributed by atoms with Crippen molar-refractivity contribution in [3.63, 3.8) is 0 Å². The number of hydrogen-bond acceptors (Lipinski definition) is 2. The van der Waals surface area contributed by atoms with Crippen molar-refractivity contribution in [1.82, 2.24) is 0 Å². The number of carbonyl (C=O) groups is 1. The Hall–Kier alpha value is -0.983. The first kappa shape index (κ1) is 14.4. The molecule has 1 atom stereocenters. The molecule has 0 fully saturated rings. The first-order valence-electron chi connectivity index (χ1n) is 6.56. The lowest BCUT2D eigenvalue weighted by Crippen LogP contribution is -2.37. The van der Waals surface area contributed by atoms with E-state index < -0.39 is 8.07 Å². The van der Waals surface area contributed by atoms with E-state index in [0.717, 1.165) is 10.5 Å². The topological polar surface area (TPSA) is 17.1 Å². The molecule has 1 aliphatic rings. The first-order chi connectivity index (χ1) is 8.71. The van der Waals surface area contributed by atoms with Gasteiger partial charge in [0.25, 0.3) is 0 Å². The molecule has 2 rings (SSSR count). The molecule has 0 spiro atoms. The highest BCUT2D eigenvalue weighted by Gasteiger charge is 2.41. The Morgan fingerprint density at radius 2 is 1.84 bits per heavy atom. The predicted octanol–water partition coefficient (Wildman–Crippen LogP) is 4.25. The van der Waals surface area contributed by atoms with Crippen molar-refractivity contribution in [3.8, 4) is 11.5 Å². The third kappa shape index (κ3) is 3.13. The maximum atomic E-state index is 12.6. The van der Waals surface area contributed by atoms with Crippen LogP contribution in [0.5, 0.6) is 0 Å². The molecule has 100 valence electrons. The molecule has 0 aliphatic carbocycles. The fourth-order valence-corrected chi connectivity index (χ4v) is 3.95. The van der Waals surface area contributed by atoms with Gasteiger partial charge in [-0.05, 0) is 19.9 Å². The predicted molar refractivity (Wildman–Crippen MR) is 85.3 cm³/mol. The average molecular weight is 288 g/mol. The van der Waals surface area contributed by atoms with Crippen molar-refractivity contribution in [1.29, 1.82) is 0 Å². The smallest absolute Gasteiger partial charge is 0.180 e. The van der Waals surface area contributed by atoms with Crippen LogP contribution < -0.4 is 0 Å². The number of Topliss-reactive ketones (excluding diaryl/α,β-unsaturated/α-hetero) is 1. The van der Waals surface area contributed by atoms with Gasteiger partial charge in [0.15, 0.2) is 5.78 Å². The largest absolute Gasteiger partial charge is 0.293 e. The minimum Gasteiger partial charge on any atom is -0.293 e. The summed E-state index contributed by atoms with van der Waals surface area (Å²) in [7, 11) is -1.45. The van der Waals surface area contributed by atoms with E-state index in [4.69, 9.17) is 0 Å². The summed E-state index contributed by atoms with van der Waals surface area (Å²) < 4.78 is -0.155. The monoisotopic (exact) mass is 288 g/mol. The summed E-state index contributed by atoms with van der Waals surface area (Å²) in [6.07, 6.45) is 0. The van der Waals surface area contributed by atoms with Crippen LogP contribution in [0, 0.1) is 17.4 Å². The Labute approximate surface area is 121 Å². The lowest BCUT2D eigenvalue weighted by Gasteiger charge is -2.34. The lowest BCUT2D eigenvalue weighted by molar-refractivity contribution is 0.0928. The number of fused-ring (bicyclic) bond motifs is 1. The highest BCUT2D eigenvalue weighted by molar-refractivity contribution is 8.00. The van der Waals surface area contributed by atoms with Gasteiger partial charge in [0.2, 0.25) is 0 Å². The highest BCUT2D eigenvalue weighted by atomic mass is 32.2. The number of rotatable bonds is 0. The minimum absolute atomic E-state index is 0.155. The maximum absolute atomic E-state index is 12.6. The zero-order valence-corrected chi connectivity index (χ0v) is 14.0. The molecule has 3 heteroatoms. The van der Waals surface area contributed by atoms with E-state index in [1.165, 1.54) is 0 Å².